The maximum Gasteiger partial charge on any atom is 0.333 e. The Balaban J connectivity index is 0.000000323. The van der Waals surface area contributed by atoms with Crippen LogP contribution in [0.1, 0.15) is 67.3 Å². The number of aliphatic hydroxyl groups excluding tert-OH is 1. The molecule has 2 saturated heterocycles. The van der Waals surface area contributed by atoms with Gasteiger partial charge in [0.1, 0.15) is 5.60 Å². The second-order valence-electron chi connectivity index (χ2n) is 11.4. The number of carboxylic acids is 2. The second-order valence-corrected chi connectivity index (χ2v) is 11.4. The van der Waals surface area contributed by atoms with Gasteiger partial charge in [0.05, 0.1) is 19.6 Å². The highest BCUT2D eigenvalue weighted by Crippen LogP contribution is 2.53. The molecule has 1 aromatic carbocycles. The Morgan fingerprint density at radius 2 is 1.74 bits per heavy atom. The number of nitrogens with two attached hydrogens (primary N) is 1. The summed E-state index contributed by atoms with van der Waals surface area (Å²) in [6.45, 7) is 4.15. The molecule has 10 nitrogen and oxygen atoms in total. The van der Waals surface area contributed by atoms with Crippen LogP contribution >= 0.6 is 0 Å². The minimum atomic E-state index is -1.79. The van der Waals surface area contributed by atoms with Crippen LogP contribution in [0.25, 0.3) is 0 Å². The standard InChI is InChI=1S/C24H34N2O3.C4H6O5/c1-28-24(18-5-2-4-17(12-18)22(25)27)19-6-3-7-20(24)14-26(13-19)21-8-10-23(11-9-21)15-29-16-23;5-2(4(8)9)1-3(6)7/h2,4-5,12,19-21H,3,6-11,13-16H2,1H3,(H2,25,27);2,5H,1H2,(H,6,7)(H,8,9)/t;2-/m.0/s1. The van der Waals surface area contributed by atoms with Crippen molar-refractivity contribution in [2.75, 3.05) is 33.4 Å². The fraction of sp³-hybridized carbons (Fsp3) is 0.679. The first-order valence-corrected chi connectivity index (χ1v) is 13.5. The summed E-state index contributed by atoms with van der Waals surface area (Å²) in [7, 11) is 1.86. The number of carbonyl (C=O) groups excluding carboxylic acids is 1. The van der Waals surface area contributed by atoms with E-state index in [1.54, 1.807) is 0 Å². The van der Waals surface area contributed by atoms with Crippen molar-refractivity contribution >= 4 is 17.8 Å². The fourth-order valence-electron chi connectivity index (χ4n) is 7.12. The lowest BCUT2D eigenvalue weighted by Crippen LogP contribution is -2.61. The number of aliphatic hydroxyl groups is 1. The Kier molecular flexibility index (Phi) is 8.76. The molecule has 3 atom stereocenters. The van der Waals surface area contributed by atoms with Crippen LogP contribution in [0.5, 0.6) is 0 Å². The monoisotopic (exact) mass is 532 g/mol. The van der Waals surface area contributed by atoms with Gasteiger partial charge in [0, 0.05) is 49.1 Å². The number of rotatable bonds is 7. The molecule has 2 aliphatic carbocycles. The lowest BCUT2D eigenvalue weighted by atomic mass is 9.61. The zero-order chi connectivity index (χ0) is 27.5. The molecule has 1 aromatic rings. The molecule has 1 spiro atoms. The molecular weight excluding hydrogens is 492 g/mol. The Bertz CT molecular complexity index is 1000. The number of hydrogen-bond donors (Lipinski definition) is 4. The van der Waals surface area contributed by atoms with Gasteiger partial charge in [-0.1, -0.05) is 18.6 Å². The van der Waals surface area contributed by atoms with Gasteiger partial charge in [-0.15, -0.1) is 0 Å². The lowest BCUT2D eigenvalue weighted by molar-refractivity contribution is -0.182. The number of piperidine rings is 1. The van der Waals surface area contributed by atoms with Crippen LogP contribution in [0.3, 0.4) is 0 Å². The number of benzene rings is 1. The number of amides is 1. The third-order valence-corrected chi connectivity index (χ3v) is 9.17. The lowest BCUT2D eigenvalue weighted by Gasteiger charge is -2.58. The molecule has 4 aliphatic rings. The van der Waals surface area contributed by atoms with E-state index in [1.165, 1.54) is 44.9 Å². The zero-order valence-electron chi connectivity index (χ0n) is 22.0. The summed E-state index contributed by atoms with van der Waals surface area (Å²) in [6.07, 6.45) is 6.35. The van der Waals surface area contributed by atoms with E-state index in [0.717, 1.165) is 31.9 Å². The van der Waals surface area contributed by atoms with Crippen LogP contribution in [-0.4, -0.2) is 83.6 Å². The van der Waals surface area contributed by atoms with E-state index in [9.17, 15) is 14.4 Å². The number of nitrogens with zero attached hydrogens (tertiary/aromatic N) is 1. The molecule has 2 heterocycles. The molecule has 2 saturated carbocycles. The van der Waals surface area contributed by atoms with Crippen LogP contribution in [0.15, 0.2) is 24.3 Å². The summed E-state index contributed by atoms with van der Waals surface area (Å²) in [5.74, 6) is -2.28. The number of carboxylic acid groups (broad SMARTS) is 2. The number of carbonyl (C=O) groups is 3. The Hall–Kier alpha value is -2.53. The molecule has 2 bridgehead atoms. The SMILES string of the molecule is COC1(c2cccc(C(N)=O)c2)C2CCCC1CN(C1CCC3(CC1)COC3)C2.O=C(O)C[C@H](O)C(=O)O. The topological polar surface area (TPSA) is 160 Å². The van der Waals surface area contributed by atoms with Crippen molar-refractivity contribution in [2.24, 2.45) is 23.0 Å². The third kappa shape index (κ3) is 5.73. The molecule has 210 valence electrons. The normalized spacial score (nSPS) is 29.4. The summed E-state index contributed by atoms with van der Waals surface area (Å²) in [6, 6.07) is 8.59. The zero-order valence-corrected chi connectivity index (χ0v) is 22.0. The van der Waals surface area contributed by atoms with Gasteiger partial charge in [-0.2, -0.15) is 0 Å². The van der Waals surface area contributed by atoms with Gasteiger partial charge in [0.15, 0.2) is 6.10 Å². The van der Waals surface area contributed by atoms with Crippen LogP contribution in [0.2, 0.25) is 0 Å². The number of aliphatic carboxylic acids is 2. The summed E-state index contributed by atoms with van der Waals surface area (Å²) in [5, 5.41) is 24.1. The van der Waals surface area contributed by atoms with Gasteiger partial charge in [-0.25, -0.2) is 4.79 Å². The summed E-state index contributed by atoms with van der Waals surface area (Å²) < 4.78 is 11.9. The number of hydrogen-bond acceptors (Lipinski definition) is 7. The molecule has 2 aliphatic heterocycles. The third-order valence-electron chi connectivity index (χ3n) is 9.17. The second kappa shape index (κ2) is 11.7. The van der Waals surface area contributed by atoms with Gasteiger partial charge in [0.2, 0.25) is 5.91 Å². The fourth-order valence-corrected chi connectivity index (χ4v) is 7.12. The number of primary amides is 1. The minimum absolute atomic E-state index is 0.294. The van der Waals surface area contributed by atoms with Gasteiger partial charge < -0.3 is 30.5 Å². The molecule has 5 rings (SSSR count). The predicted molar refractivity (Wildman–Crippen MR) is 137 cm³/mol. The van der Waals surface area contributed by atoms with Gasteiger partial charge in [-0.3, -0.25) is 14.5 Å². The van der Waals surface area contributed by atoms with Crippen molar-refractivity contribution in [2.45, 2.75) is 69.1 Å². The predicted octanol–water partition coefficient (Wildman–Crippen LogP) is 2.22. The molecule has 5 N–H and O–H groups in total. The average Bonchev–Trinajstić information content (AvgIpc) is 2.87. The first-order chi connectivity index (χ1) is 18.1. The minimum Gasteiger partial charge on any atom is -0.481 e. The summed E-state index contributed by atoms with van der Waals surface area (Å²) >= 11 is 0. The first-order valence-electron chi connectivity index (χ1n) is 13.5. The average molecular weight is 533 g/mol. The Morgan fingerprint density at radius 3 is 2.18 bits per heavy atom. The van der Waals surface area contributed by atoms with Gasteiger partial charge in [-0.05, 0) is 56.2 Å². The molecule has 1 amide bonds. The largest absolute Gasteiger partial charge is 0.481 e. The van der Waals surface area contributed by atoms with Crippen molar-refractivity contribution in [3.05, 3.63) is 35.4 Å². The number of fused-ring (bicyclic) bond motifs is 2. The number of ether oxygens (including phenoxy) is 2. The quantitative estimate of drug-likeness (QED) is 0.413. The van der Waals surface area contributed by atoms with Crippen molar-refractivity contribution in [3.8, 4) is 0 Å². The Morgan fingerprint density at radius 1 is 1.11 bits per heavy atom. The highest BCUT2D eigenvalue weighted by Gasteiger charge is 2.54. The maximum absolute atomic E-state index is 11.8. The molecule has 10 heteroatoms. The summed E-state index contributed by atoms with van der Waals surface area (Å²) in [4.78, 5) is 34.0. The van der Waals surface area contributed by atoms with E-state index < -0.39 is 24.5 Å². The van der Waals surface area contributed by atoms with Gasteiger partial charge in [0.25, 0.3) is 0 Å². The van der Waals surface area contributed by atoms with E-state index in [2.05, 4.69) is 11.0 Å². The first kappa shape index (κ1) is 28.5. The highest BCUT2D eigenvalue weighted by molar-refractivity contribution is 5.93. The van der Waals surface area contributed by atoms with E-state index in [-0.39, 0.29) is 11.5 Å². The summed E-state index contributed by atoms with van der Waals surface area (Å²) in [5.41, 5.74) is 7.51. The van der Waals surface area contributed by atoms with E-state index >= 15 is 0 Å². The van der Waals surface area contributed by atoms with Crippen molar-refractivity contribution in [1.82, 2.24) is 4.90 Å². The van der Waals surface area contributed by atoms with Crippen LogP contribution in [-0.2, 0) is 24.7 Å². The Labute approximate surface area is 223 Å². The molecule has 0 radical (unpaired) electrons. The highest BCUT2D eigenvalue weighted by atomic mass is 16.5. The maximum atomic E-state index is 11.8. The number of likely N-dealkylation sites (tertiary alicyclic amines) is 1. The molecule has 4 fully saturated rings. The van der Waals surface area contributed by atoms with Crippen LogP contribution < -0.4 is 5.73 Å². The van der Waals surface area contributed by atoms with Crippen LogP contribution in [0, 0.1) is 17.3 Å². The molecular formula is C28H40N2O8. The molecule has 38 heavy (non-hydrogen) atoms. The van der Waals surface area contributed by atoms with E-state index in [4.69, 9.17) is 30.5 Å². The van der Waals surface area contributed by atoms with Crippen molar-refractivity contribution in [1.29, 1.82) is 0 Å². The van der Waals surface area contributed by atoms with E-state index in [0.29, 0.717) is 28.9 Å². The van der Waals surface area contributed by atoms with Gasteiger partial charge >= 0.3 is 11.9 Å². The van der Waals surface area contributed by atoms with Crippen molar-refractivity contribution in [3.63, 3.8) is 0 Å². The smallest absolute Gasteiger partial charge is 0.333 e. The van der Waals surface area contributed by atoms with Crippen molar-refractivity contribution < 1.29 is 39.2 Å². The van der Waals surface area contributed by atoms with E-state index in [1.807, 2.05) is 25.3 Å². The van der Waals surface area contributed by atoms with Crippen LogP contribution in [0.4, 0.5) is 0 Å². The number of methoxy groups -OCH3 is 1. The molecule has 2 unspecified atom stereocenters. The molecule has 0 aromatic heterocycles.